The molecule has 0 spiro atoms. The van der Waals surface area contributed by atoms with Crippen LogP contribution in [0.2, 0.25) is 5.02 Å². The van der Waals surface area contributed by atoms with Crippen LogP contribution in [0.3, 0.4) is 0 Å². The number of methoxy groups -OCH3 is 1. The van der Waals surface area contributed by atoms with E-state index in [9.17, 15) is 14.9 Å². The lowest BCUT2D eigenvalue weighted by Crippen LogP contribution is -2.30. The minimum absolute atomic E-state index is 0.0645. The van der Waals surface area contributed by atoms with Gasteiger partial charge >= 0.3 is 0 Å². The largest absolute Gasteiger partial charge is 0.495 e. The molecule has 1 amide bonds. The number of carbonyl (C=O) groups is 1. The second-order valence-electron chi connectivity index (χ2n) is 6.94. The van der Waals surface area contributed by atoms with Crippen molar-refractivity contribution in [2.24, 2.45) is 0 Å². The number of benzene rings is 2. The average molecular weight is 447 g/mol. The molecule has 0 bridgehead atoms. The lowest BCUT2D eigenvalue weighted by atomic mass is 10.1. The van der Waals surface area contributed by atoms with Gasteiger partial charge in [-0.2, -0.15) is 0 Å². The number of rotatable bonds is 5. The molecule has 156 valence electrons. The fourth-order valence-corrected chi connectivity index (χ4v) is 4.63. The SMILES string of the molecule is COc1cc2sc(NC(=O)c3ccc(N4CCCCC4)c([N+](=O)[O-])c3)nc2cc1Cl. The van der Waals surface area contributed by atoms with Gasteiger partial charge in [0, 0.05) is 30.8 Å². The Balaban J connectivity index is 1.59. The van der Waals surface area contributed by atoms with Crippen molar-refractivity contribution < 1.29 is 14.5 Å². The molecule has 10 heteroatoms. The van der Waals surface area contributed by atoms with E-state index >= 15 is 0 Å². The Bertz CT molecular complexity index is 1130. The van der Waals surface area contributed by atoms with Crippen LogP contribution in [0, 0.1) is 10.1 Å². The molecule has 0 saturated carbocycles. The molecular formula is C20H19ClN4O4S. The van der Waals surface area contributed by atoms with E-state index in [1.165, 1.54) is 24.5 Å². The van der Waals surface area contributed by atoms with Gasteiger partial charge in [0.1, 0.15) is 11.4 Å². The minimum Gasteiger partial charge on any atom is -0.495 e. The number of anilines is 2. The summed E-state index contributed by atoms with van der Waals surface area (Å²) in [7, 11) is 1.53. The normalized spacial score (nSPS) is 14.0. The fraction of sp³-hybridized carbons (Fsp3) is 0.300. The molecule has 1 aliphatic heterocycles. The number of piperidine rings is 1. The van der Waals surface area contributed by atoms with Crippen molar-refractivity contribution in [2.45, 2.75) is 19.3 Å². The summed E-state index contributed by atoms with van der Waals surface area (Å²) in [5, 5.41) is 15.1. The number of nitrogens with zero attached hydrogens (tertiary/aromatic N) is 3. The number of fused-ring (bicyclic) bond motifs is 1. The Hall–Kier alpha value is -2.91. The van der Waals surface area contributed by atoms with Crippen molar-refractivity contribution in [3.8, 4) is 5.75 Å². The van der Waals surface area contributed by atoms with Gasteiger partial charge in [0.05, 0.1) is 27.3 Å². The van der Waals surface area contributed by atoms with Gasteiger partial charge in [-0.25, -0.2) is 4.98 Å². The highest BCUT2D eigenvalue weighted by Gasteiger charge is 2.23. The third-order valence-corrected chi connectivity index (χ3v) is 6.24. The summed E-state index contributed by atoms with van der Waals surface area (Å²) in [6.45, 7) is 1.56. The lowest BCUT2D eigenvalue weighted by Gasteiger charge is -2.28. The molecule has 0 unspecified atom stereocenters. The number of halogens is 1. The van der Waals surface area contributed by atoms with Crippen LogP contribution < -0.4 is 15.0 Å². The number of carbonyl (C=O) groups excluding carboxylic acids is 1. The van der Waals surface area contributed by atoms with Crippen molar-refractivity contribution in [1.82, 2.24) is 4.98 Å². The number of nitro benzene ring substituents is 1. The zero-order chi connectivity index (χ0) is 21.3. The molecule has 1 N–H and O–H groups in total. The first-order chi connectivity index (χ1) is 14.5. The Morgan fingerprint density at radius 2 is 2.03 bits per heavy atom. The Kier molecular flexibility index (Phi) is 5.74. The third kappa shape index (κ3) is 4.03. The number of amides is 1. The van der Waals surface area contributed by atoms with E-state index in [4.69, 9.17) is 16.3 Å². The predicted octanol–water partition coefficient (Wildman–Crippen LogP) is 5.11. The molecule has 0 radical (unpaired) electrons. The summed E-state index contributed by atoms with van der Waals surface area (Å²) >= 11 is 7.40. The summed E-state index contributed by atoms with van der Waals surface area (Å²) < 4.78 is 6.00. The molecule has 0 aliphatic carbocycles. The van der Waals surface area contributed by atoms with E-state index in [0.717, 1.165) is 37.1 Å². The van der Waals surface area contributed by atoms with Crippen LogP contribution >= 0.6 is 22.9 Å². The van der Waals surface area contributed by atoms with Crippen molar-refractivity contribution >= 4 is 55.6 Å². The van der Waals surface area contributed by atoms with Gasteiger partial charge in [-0.3, -0.25) is 20.2 Å². The van der Waals surface area contributed by atoms with E-state index in [1.807, 2.05) is 4.90 Å². The van der Waals surface area contributed by atoms with Crippen LogP contribution in [0.4, 0.5) is 16.5 Å². The van der Waals surface area contributed by atoms with E-state index in [-0.39, 0.29) is 11.3 Å². The van der Waals surface area contributed by atoms with Crippen LogP contribution in [-0.4, -0.2) is 36.0 Å². The van der Waals surface area contributed by atoms with E-state index in [1.54, 1.807) is 24.3 Å². The summed E-state index contributed by atoms with van der Waals surface area (Å²) in [6.07, 6.45) is 3.14. The van der Waals surface area contributed by atoms with E-state index in [2.05, 4.69) is 10.3 Å². The number of hydrogen-bond acceptors (Lipinski definition) is 7. The van der Waals surface area contributed by atoms with Crippen molar-refractivity contribution in [3.05, 3.63) is 51.0 Å². The quantitative estimate of drug-likeness (QED) is 0.432. The summed E-state index contributed by atoms with van der Waals surface area (Å²) in [5.41, 5.74) is 1.33. The molecule has 1 fully saturated rings. The fourth-order valence-electron chi connectivity index (χ4n) is 3.52. The second-order valence-corrected chi connectivity index (χ2v) is 8.37. The first kappa shape index (κ1) is 20.4. The molecule has 2 heterocycles. The predicted molar refractivity (Wildman–Crippen MR) is 118 cm³/mol. The van der Waals surface area contributed by atoms with Crippen molar-refractivity contribution in [2.75, 3.05) is 30.4 Å². The first-order valence-electron chi connectivity index (χ1n) is 9.45. The maximum absolute atomic E-state index is 12.7. The van der Waals surface area contributed by atoms with Crippen LogP contribution in [0.1, 0.15) is 29.6 Å². The van der Waals surface area contributed by atoms with Crippen LogP contribution in [0.5, 0.6) is 5.75 Å². The molecule has 8 nitrogen and oxygen atoms in total. The minimum atomic E-state index is -0.458. The highest BCUT2D eigenvalue weighted by atomic mass is 35.5. The number of nitrogens with one attached hydrogen (secondary N) is 1. The molecule has 0 atom stereocenters. The van der Waals surface area contributed by atoms with Crippen LogP contribution in [-0.2, 0) is 0 Å². The molecule has 2 aromatic carbocycles. The number of thiazole rings is 1. The van der Waals surface area contributed by atoms with E-state index in [0.29, 0.717) is 27.1 Å². The van der Waals surface area contributed by atoms with Crippen LogP contribution in [0.15, 0.2) is 30.3 Å². The highest BCUT2D eigenvalue weighted by Crippen LogP contribution is 2.35. The number of ether oxygens (including phenoxy) is 1. The van der Waals surface area contributed by atoms with Gasteiger partial charge in [0.15, 0.2) is 5.13 Å². The standard InChI is InChI=1S/C20H19ClN4O4S/c1-29-17-11-18-14(10-13(17)21)22-20(30-18)23-19(26)12-5-6-15(16(9-12)25(27)28)24-7-3-2-4-8-24/h5-6,9-11H,2-4,7-8H2,1H3,(H,22,23,26). The number of hydrogen-bond donors (Lipinski definition) is 1. The maximum atomic E-state index is 12.7. The summed E-state index contributed by atoms with van der Waals surface area (Å²) in [6, 6.07) is 8.01. The van der Waals surface area contributed by atoms with Gasteiger partial charge in [0.2, 0.25) is 0 Å². The topological polar surface area (TPSA) is 97.6 Å². The molecule has 1 saturated heterocycles. The second kappa shape index (κ2) is 8.45. The van der Waals surface area contributed by atoms with Gasteiger partial charge in [-0.15, -0.1) is 0 Å². The molecule has 1 aromatic heterocycles. The van der Waals surface area contributed by atoms with E-state index < -0.39 is 10.8 Å². The smallest absolute Gasteiger partial charge is 0.293 e. The van der Waals surface area contributed by atoms with Gasteiger partial charge in [-0.05, 0) is 37.5 Å². The van der Waals surface area contributed by atoms with Gasteiger partial charge < -0.3 is 9.64 Å². The van der Waals surface area contributed by atoms with Crippen molar-refractivity contribution in [3.63, 3.8) is 0 Å². The average Bonchev–Trinajstić information content (AvgIpc) is 3.13. The highest BCUT2D eigenvalue weighted by molar-refractivity contribution is 7.22. The lowest BCUT2D eigenvalue weighted by molar-refractivity contribution is -0.384. The molecule has 3 aromatic rings. The summed E-state index contributed by atoms with van der Waals surface area (Å²) in [4.78, 5) is 30.3. The summed E-state index contributed by atoms with van der Waals surface area (Å²) in [5.74, 6) is 0.0648. The van der Waals surface area contributed by atoms with Gasteiger partial charge in [0.25, 0.3) is 11.6 Å². The van der Waals surface area contributed by atoms with Crippen LogP contribution in [0.25, 0.3) is 10.2 Å². The number of aromatic nitrogens is 1. The molecule has 1 aliphatic rings. The maximum Gasteiger partial charge on any atom is 0.293 e. The zero-order valence-electron chi connectivity index (χ0n) is 16.2. The zero-order valence-corrected chi connectivity index (χ0v) is 17.8. The Morgan fingerprint density at radius 1 is 1.27 bits per heavy atom. The van der Waals surface area contributed by atoms with Gasteiger partial charge in [-0.1, -0.05) is 22.9 Å². The number of nitro groups is 1. The Morgan fingerprint density at radius 3 is 2.73 bits per heavy atom. The Labute approximate surface area is 181 Å². The first-order valence-corrected chi connectivity index (χ1v) is 10.6. The third-order valence-electron chi connectivity index (χ3n) is 5.01. The monoisotopic (exact) mass is 446 g/mol. The molecule has 4 rings (SSSR count). The van der Waals surface area contributed by atoms with Crippen molar-refractivity contribution in [1.29, 1.82) is 0 Å². The molecule has 30 heavy (non-hydrogen) atoms. The molecular weight excluding hydrogens is 428 g/mol.